The van der Waals surface area contributed by atoms with Crippen LogP contribution in [0.5, 0.6) is 5.75 Å². The lowest BCUT2D eigenvalue weighted by Crippen LogP contribution is -2.42. The Bertz CT molecular complexity index is 557. The molecule has 150 valence electrons. The summed E-state index contributed by atoms with van der Waals surface area (Å²) < 4.78 is 13.6. The summed E-state index contributed by atoms with van der Waals surface area (Å²) in [5.74, 6) is 2.41. The normalized spacial score (nSPS) is 22.3. The first kappa shape index (κ1) is 23.5. The second kappa shape index (κ2) is 13.6. The van der Waals surface area contributed by atoms with Crippen molar-refractivity contribution in [1.82, 2.24) is 5.32 Å². The molecule has 0 fully saturated rings. The standard InChI is InChI=1S/C23H35NO.OS/c1-20-12-7-4-5-8-13-21(18-20)19-23(2,3)24-16-11-17-25-22-14-9-6-10-15-22;1-2/h4-7,9-10,12,14-15,20-21,24H,8,11,13,16-19H2,1-3H3;/b5-4-,12-7-;. The first-order chi connectivity index (χ1) is 13.1. The lowest BCUT2D eigenvalue weighted by molar-refractivity contribution is 0.251. The van der Waals surface area contributed by atoms with Crippen molar-refractivity contribution in [1.29, 1.82) is 0 Å². The maximum absolute atomic E-state index is 7.83. The monoisotopic (exact) mass is 389 g/mol. The van der Waals surface area contributed by atoms with Crippen molar-refractivity contribution in [2.24, 2.45) is 11.8 Å². The van der Waals surface area contributed by atoms with Crippen LogP contribution in [0.2, 0.25) is 0 Å². The number of hydrogen-bond acceptors (Lipinski definition) is 4. The van der Waals surface area contributed by atoms with E-state index >= 15 is 0 Å². The minimum absolute atomic E-state index is 0.179. The van der Waals surface area contributed by atoms with Crippen LogP contribution < -0.4 is 10.1 Å². The molecule has 1 aliphatic rings. The Kier molecular flexibility index (Phi) is 11.9. The molecule has 0 saturated heterocycles. The van der Waals surface area contributed by atoms with Crippen molar-refractivity contribution < 1.29 is 8.95 Å². The molecule has 1 N–H and O–H groups in total. The summed E-state index contributed by atoms with van der Waals surface area (Å²) in [5, 5.41) is 3.74. The number of ether oxygens (including phenoxy) is 1. The van der Waals surface area contributed by atoms with Crippen LogP contribution in [0.1, 0.15) is 52.9 Å². The van der Waals surface area contributed by atoms with Gasteiger partial charge in [0.25, 0.3) is 0 Å². The molecule has 0 aromatic heterocycles. The van der Waals surface area contributed by atoms with Crippen LogP contribution in [-0.4, -0.2) is 22.9 Å². The maximum atomic E-state index is 7.83. The summed E-state index contributed by atoms with van der Waals surface area (Å²) >= 11 is 2.83. The molecule has 0 heterocycles. The van der Waals surface area contributed by atoms with Crippen molar-refractivity contribution in [3.05, 3.63) is 54.6 Å². The van der Waals surface area contributed by atoms with Crippen molar-refractivity contribution in [2.45, 2.75) is 58.4 Å². The maximum Gasteiger partial charge on any atom is 0.197 e. The molecule has 4 heteroatoms. The Morgan fingerprint density at radius 1 is 1.19 bits per heavy atom. The number of para-hydroxylation sites is 1. The van der Waals surface area contributed by atoms with Gasteiger partial charge in [-0.1, -0.05) is 49.4 Å². The van der Waals surface area contributed by atoms with Crippen LogP contribution in [0.15, 0.2) is 54.6 Å². The highest BCUT2D eigenvalue weighted by Gasteiger charge is 2.23. The van der Waals surface area contributed by atoms with E-state index in [4.69, 9.17) is 8.95 Å². The molecule has 0 bridgehead atoms. The molecule has 0 aliphatic heterocycles. The summed E-state index contributed by atoms with van der Waals surface area (Å²) in [5.41, 5.74) is 0.179. The Balaban J connectivity index is 0.00000176. The van der Waals surface area contributed by atoms with Crippen LogP contribution in [0.25, 0.3) is 0 Å². The molecule has 0 spiro atoms. The van der Waals surface area contributed by atoms with E-state index in [1.54, 1.807) is 0 Å². The SMILES string of the molecule is CC1/C=C\C=C/CCC(CC(C)(C)NCCCOc2ccccc2)C1.O=S. The smallest absolute Gasteiger partial charge is 0.197 e. The van der Waals surface area contributed by atoms with Gasteiger partial charge in [0.1, 0.15) is 5.75 Å². The van der Waals surface area contributed by atoms with Crippen molar-refractivity contribution in [3.8, 4) is 5.75 Å². The molecule has 0 amide bonds. The van der Waals surface area contributed by atoms with Crippen molar-refractivity contribution in [2.75, 3.05) is 13.2 Å². The quantitative estimate of drug-likeness (QED) is 0.602. The fourth-order valence-electron chi connectivity index (χ4n) is 3.67. The van der Waals surface area contributed by atoms with Crippen LogP contribution in [0.4, 0.5) is 0 Å². The summed E-state index contributed by atoms with van der Waals surface area (Å²) in [7, 11) is 0. The Hall–Kier alpha value is -1.52. The second-order valence-electron chi connectivity index (χ2n) is 8.00. The molecule has 0 radical (unpaired) electrons. The number of allylic oxidation sites excluding steroid dienone is 4. The highest BCUT2D eigenvalue weighted by atomic mass is 32.1. The lowest BCUT2D eigenvalue weighted by Gasteiger charge is -2.32. The van der Waals surface area contributed by atoms with E-state index in [0.717, 1.165) is 31.2 Å². The zero-order valence-electron chi connectivity index (χ0n) is 17.0. The van der Waals surface area contributed by atoms with Crippen LogP contribution in [-0.2, 0) is 12.5 Å². The molecule has 0 saturated carbocycles. The van der Waals surface area contributed by atoms with Crippen LogP contribution >= 0.6 is 0 Å². The fraction of sp³-hybridized carbons (Fsp3) is 0.565. The zero-order valence-corrected chi connectivity index (χ0v) is 17.8. The van der Waals surface area contributed by atoms with E-state index < -0.39 is 0 Å². The first-order valence-electron chi connectivity index (χ1n) is 9.98. The minimum atomic E-state index is 0.179. The first-order valence-corrected chi connectivity index (χ1v) is 10.3. The molecule has 1 aromatic carbocycles. The van der Waals surface area contributed by atoms with Gasteiger partial charge in [0.2, 0.25) is 0 Å². The predicted molar refractivity (Wildman–Crippen MR) is 116 cm³/mol. The van der Waals surface area contributed by atoms with E-state index in [1.807, 2.05) is 30.3 Å². The van der Waals surface area contributed by atoms with Crippen molar-refractivity contribution >= 4 is 12.5 Å². The second-order valence-corrected chi connectivity index (χ2v) is 8.00. The molecule has 3 nitrogen and oxygen atoms in total. The summed E-state index contributed by atoms with van der Waals surface area (Å²) in [4.78, 5) is 0. The number of rotatable bonds is 8. The van der Waals surface area contributed by atoms with Gasteiger partial charge >= 0.3 is 0 Å². The minimum Gasteiger partial charge on any atom is -0.494 e. The average Bonchev–Trinajstić information content (AvgIpc) is 2.75. The Morgan fingerprint density at radius 2 is 1.93 bits per heavy atom. The molecule has 27 heavy (non-hydrogen) atoms. The third kappa shape index (κ3) is 11.0. The van der Waals surface area contributed by atoms with E-state index in [0.29, 0.717) is 5.92 Å². The van der Waals surface area contributed by atoms with Crippen LogP contribution in [0, 0.1) is 11.8 Å². The molecule has 2 rings (SSSR count). The summed E-state index contributed by atoms with van der Waals surface area (Å²) in [6, 6.07) is 10.1. The molecule has 2 atom stereocenters. The summed E-state index contributed by atoms with van der Waals surface area (Å²) in [6.07, 6.45) is 15.1. The lowest BCUT2D eigenvalue weighted by atomic mass is 9.82. The van der Waals surface area contributed by atoms with Gasteiger partial charge in [0.05, 0.1) is 6.61 Å². The van der Waals surface area contributed by atoms with Gasteiger partial charge in [-0.05, 0) is 76.5 Å². The molecular formula is C23H35NO2S. The average molecular weight is 390 g/mol. The number of hydrogen-bond donors (Lipinski definition) is 1. The topological polar surface area (TPSA) is 38.3 Å². The third-order valence-corrected chi connectivity index (χ3v) is 4.87. The van der Waals surface area contributed by atoms with Gasteiger partial charge in [0.15, 0.2) is 12.5 Å². The fourth-order valence-corrected chi connectivity index (χ4v) is 3.67. The van der Waals surface area contributed by atoms with E-state index in [-0.39, 0.29) is 5.54 Å². The summed E-state index contributed by atoms with van der Waals surface area (Å²) in [6.45, 7) is 8.79. The Morgan fingerprint density at radius 3 is 2.67 bits per heavy atom. The largest absolute Gasteiger partial charge is 0.494 e. The van der Waals surface area contributed by atoms with Gasteiger partial charge in [-0.25, -0.2) is 0 Å². The van der Waals surface area contributed by atoms with Crippen molar-refractivity contribution in [3.63, 3.8) is 0 Å². The van der Waals surface area contributed by atoms with Gasteiger partial charge in [-0.3, -0.25) is 0 Å². The van der Waals surface area contributed by atoms with Crippen LogP contribution in [0.3, 0.4) is 0 Å². The number of benzene rings is 1. The number of nitrogens with one attached hydrogen (secondary N) is 1. The van der Waals surface area contributed by atoms with Gasteiger partial charge in [-0.15, -0.1) is 0 Å². The molecule has 1 aliphatic carbocycles. The highest BCUT2D eigenvalue weighted by Crippen LogP contribution is 2.28. The van der Waals surface area contributed by atoms with E-state index in [1.165, 1.54) is 25.7 Å². The van der Waals surface area contributed by atoms with Gasteiger partial charge in [0, 0.05) is 5.54 Å². The Labute approximate surface area is 170 Å². The van der Waals surface area contributed by atoms with Gasteiger partial charge < -0.3 is 10.1 Å². The molecular weight excluding hydrogens is 354 g/mol. The van der Waals surface area contributed by atoms with E-state index in [2.05, 4.69) is 62.9 Å². The predicted octanol–water partition coefficient (Wildman–Crippen LogP) is 5.43. The van der Waals surface area contributed by atoms with E-state index in [9.17, 15) is 0 Å². The molecule has 2 unspecified atom stereocenters. The highest BCUT2D eigenvalue weighted by molar-refractivity contribution is 7.44. The molecule has 1 aromatic rings. The zero-order chi connectivity index (χ0) is 20.0. The van der Waals surface area contributed by atoms with Gasteiger partial charge in [-0.2, -0.15) is 4.21 Å². The third-order valence-electron chi connectivity index (χ3n) is 4.87.